The Morgan fingerprint density at radius 2 is 0.655 bits per heavy atom. The third-order valence-corrected chi connectivity index (χ3v) is 29.6. The summed E-state index contributed by atoms with van der Waals surface area (Å²) in [5.41, 5.74) is 9.16. The van der Waals surface area contributed by atoms with Gasteiger partial charge in [-0.05, 0) is 192 Å². The lowest BCUT2D eigenvalue weighted by molar-refractivity contribution is -0.138. The predicted octanol–water partition coefficient (Wildman–Crippen LogP) is 29.2. The molecule has 15 aromatic rings. The van der Waals surface area contributed by atoms with E-state index >= 15 is 0 Å². The number of alkyl halides is 3. The first kappa shape index (κ1) is 115. The van der Waals surface area contributed by atoms with Crippen LogP contribution in [0.2, 0.25) is 25.1 Å². The molecule has 0 saturated heterocycles. The van der Waals surface area contributed by atoms with E-state index in [0.717, 1.165) is 194 Å². The molecule has 0 amide bonds. The van der Waals surface area contributed by atoms with Crippen molar-refractivity contribution in [1.29, 1.82) is 0 Å². The third-order valence-electron chi connectivity index (χ3n) is 23.9. The maximum atomic E-state index is 13.5. The number of aromatic nitrogens is 11. The van der Waals surface area contributed by atoms with Gasteiger partial charge >= 0.3 is 36.0 Å². The number of thiophene rings is 4. The topological polar surface area (TPSA) is 298 Å². The molecule has 0 fully saturated rings. The first-order valence-corrected chi connectivity index (χ1v) is 54.0. The Morgan fingerprint density at radius 3 is 0.966 bits per heavy atom. The largest absolute Gasteiger partial charge is 0.487 e. The zero-order chi connectivity index (χ0) is 106. The number of methoxy groups -OCH3 is 1. The van der Waals surface area contributed by atoms with Crippen LogP contribution in [-0.4, -0.2) is 115 Å². The fraction of sp³-hybridized carbons (Fsp3) is 0.289. The second-order valence-electron chi connectivity index (χ2n) is 34.8. The number of ether oxygens (including phenoxy) is 1. The summed E-state index contributed by atoms with van der Waals surface area (Å²) >= 11 is 37.8. The van der Waals surface area contributed by atoms with Crippen molar-refractivity contribution in [1.82, 2.24) is 52.7 Å². The summed E-state index contributed by atoms with van der Waals surface area (Å²) in [7, 11) is 1.61. The summed E-state index contributed by atoms with van der Waals surface area (Å²) in [4.78, 5) is 91.1. The quantitative estimate of drug-likeness (QED) is 0.0221. The Morgan fingerprint density at radius 1 is 0.351 bits per heavy atom. The van der Waals surface area contributed by atoms with Gasteiger partial charge < -0.3 is 53.1 Å². The van der Waals surface area contributed by atoms with Gasteiger partial charge in [-0.25, -0.2) is 48.9 Å². The van der Waals surface area contributed by atoms with Gasteiger partial charge in [0.1, 0.15) is 29.1 Å². The fourth-order valence-corrected chi connectivity index (χ4v) is 20.1. The van der Waals surface area contributed by atoms with Crippen molar-refractivity contribution >= 4 is 164 Å². The van der Waals surface area contributed by atoms with Gasteiger partial charge in [-0.3, -0.25) is 4.98 Å². The first-order chi connectivity index (χ1) is 71.3. The Hall–Kier alpha value is -12.8. The Bertz CT molecular complexity index is 7050. The monoisotopic (exact) mass is 2180 g/mol. The normalized spacial score (nSPS) is 11.8. The van der Waals surface area contributed by atoms with Crippen LogP contribution in [0.25, 0.3) is 30.4 Å². The summed E-state index contributed by atoms with van der Waals surface area (Å²) in [6.07, 6.45) is 31.5. The molecular weight excluding hydrogens is 2060 g/mol. The van der Waals surface area contributed by atoms with Crippen LogP contribution in [0.15, 0.2) is 258 Å². The number of halogens is 8. The number of carbonyl (C=O) groups is 5. The molecule has 10 aromatic heterocycles. The van der Waals surface area contributed by atoms with Crippen molar-refractivity contribution in [2.24, 2.45) is 0 Å². The highest BCUT2D eigenvalue weighted by Gasteiger charge is 2.34. The van der Waals surface area contributed by atoms with E-state index in [-0.39, 0.29) is 24.1 Å². The number of nitrogens with zero attached hydrogens (tertiary/aromatic N) is 11. The summed E-state index contributed by atoms with van der Waals surface area (Å²) in [6.45, 7) is 14.7. The second kappa shape index (κ2) is 58.8. The average Bonchev–Trinajstić information content (AvgIpc) is 1.59. The molecule has 0 atom stereocenters. The number of benzene rings is 5. The van der Waals surface area contributed by atoms with Crippen LogP contribution in [0.3, 0.4) is 0 Å². The standard InChI is InChI=1S/C23H24ClN3O2.C23H25ClN2O3S.C23H25ClN2O2S.C23H23F3N2O2S.C22H22Cl2N2O2S/c1-2-3-8-22-26-15-20(27(22)16-18-6-4-5-7-21(18)24)14-19(23(28)29)13-17-9-11-25-12-10-17;1-3-4-9-21-25-14-18(26(21)15-16-7-5-6-8-20(16)24)12-17(23(27)28)13-19-10-11-22(29-2)30-19;1-3-4-9-22-25-14-19(26(22)15-17-7-5-6-8-21(17)24)12-18(23(27)28)13-20-11-10-16(2)29-20;1-2-3-10-21-27-14-18(12-17(22(29)30)13-19-8-6-11-31-19)28(21)15-16-7-4-5-9-20(16)23(24,25)26;1-2-3-9-20-25-13-17(11-16(22(27)28)12-18-7-5-10-29-18)26(20)14-15-6-4-8-19(23)21(15)24/h4-7,9-12,14-15H,2-3,8,13,16H2,1H3,(H,28,29);5-8,10-12,14H,3-4,9,13,15H2,1-2H3,(H,27,28);5-8,10-12,14H,3-4,9,13,15H2,1-2H3,(H,27,28);4-9,11-12,14H,2-3,10,13,15H2,1H3,(H,29,30);4-8,10-11,13H,2-3,9,12,14H2,1H3,(H,27,28)/b19-14+;17-12+;18-12+;17-12+;16-11+. The van der Waals surface area contributed by atoms with Gasteiger partial charge in [0.15, 0.2) is 5.06 Å². The van der Waals surface area contributed by atoms with Crippen LogP contribution in [-0.2, 0) is 127 Å². The number of carboxylic acid groups (broad SMARTS) is 5. The van der Waals surface area contributed by atoms with E-state index in [9.17, 15) is 62.7 Å². The minimum Gasteiger partial charge on any atom is -0.487 e. The molecule has 0 unspecified atom stereocenters. The molecular formula is C114H119Cl5F3N11O11S4. The minimum absolute atomic E-state index is 0.0353. The molecule has 10 heterocycles. The lowest BCUT2D eigenvalue weighted by Crippen LogP contribution is -2.14. The SMILES string of the molecule is CCCCc1ncc(/C=C(\Cc2ccc(C)s2)C(=O)O)n1Cc1ccccc1Cl.CCCCc1ncc(/C=C(\Cc2ccc(OC)s2)C(=O)O)n1Cc1ccccc1Cl.CCCCc1ncc(/C=C(\Cc2cccs2)C(=O)O)n1Cc1cccc(Cl)c1Cl.CCCCc1ncc(/C=C(\Cc2cccs2)C(=O)O)n1Cc1ccccc1C(F)(F)F.CCCCc1ncc(/C=C(\Cc2ccncc2)C(=O)O)n1Cc1ccccc1Cl. The number of hydrogen-bond acceptors (Lipinski definition) is 16. The lowest BCUT2D eigenvalue weighted by Gasteiger charge is -2.16. The maximum Gasteiger partial charge on any atom is 0.416 e. The first-order valence-electron chi connectivity index (χ1n) is 48.7. The minimum atomic E-state index is -4.47. The number of rotatable bonds is 46. The van der Waals surface area contributed by atoms with E-state index in [1.165, 1.54) is 45.8 Å². The molecule has 0 saturated carbocycles. The Balaban J connectivity index is 0.000000176. The maximum absolute atomic E-state index is 13.5. The van der Waals surface area contributed by atoms with E-state index in [2.05, 4.69) is 71.3 Å². The van der Waals surface area contributed by atoms with Crippen molar-refractivity contribution in [3.8, 4) is 5.06 Å². The van der Waals surface area contributed by atoms with E-state index < -0.39 is 41.6 Å². The van der Waals surface area contributed by atoms with Crippen molar-refractivity contribution in [3.05, 3.63) is 404 Å². The van der Waals surface area contributed by atoms with E-state index in [1.807, 2.05) is 175 Å². The molecule has 0 aliphatic heterocycles. The lowest BCUT2D eigenvalue weighted by atomic mass is 10.1. The zero-order valence-corrected chi connectivity index (χ0v) is 90.3. The molecule has 15 rings (SSSR count). The number of hydrogen-bond donors (Lipinski definition) is 5. The molecule has 0 aliphatic carbocycles. The van der Waals surface area contributed by atoms with Crippen molar-refractivity contribution in [2.45, 2.75) is 209 Å². The molecule has 5 aromatic carbocycles. The molecule has 0 spiro atoms. The van der Waals surface area contributed by atoms with Gasteiger partial charge in [0.2, 0.25) is 0 Å². The highest BCUT2D eigenvalue weighted by Crippen LogP contribution is 2.36. The summed E-state index contributed by atoms with van der Waals surface area (Å²) in [5.74, 6) is -0.399. The average molecular weight is 2180 g/mol. The number of aliphatic carboxylic acids is 5. The molecule has 0 aliphatic rings. The third kappa shape index (κ3) is 34.9. The second-order valence-corrected chi connectivity index (χ2v) is 41.4. The molecule has 0 bridgehead atoms. The Labute approximate surface area is 901 Å². The number of carboxylic acids is 5. The highest BCUT2D eigenvalue weighted by atomic mass is 35.5. The number of aryl methyl sites for hydroxylation is 6. The van der Waals surface area contributed by atoms with Gasteiger partial charge in [-0.15, -0.1) is 45.3 Å². The number of unbranched alkanes of at least 4 members (excludes halogenated alkanes) is 5. The van der Waals surface area contributed by atoms with Gasteiger partial charge in [0, 0.05) is 150 Å². The molecule has 776 valence electrons. The smallest absolute Gasteiger partial charge is 0.416 e. The van der Waals surface area contributed by atoms with Gasteiger partial charge in [0.25, 0.3) is 0 Å². The van der Waals surface area contributed by atoms with E-state index in [1.54, 1.807) is 114 Å². The van der Waals surface area contributed by atoms with E-state index in [0.29, 0.717) is 117 Å². The molecule has 148 heavy (non-hydrogen) atoms. The number of imidazole rings is 5. The van der Waals surface area contributed by atoms with Crippen LogP contribution in [0, 0.1) is 6.92 Å². The summed E-state index contributed by atoms with van der Waals surface area (Å²) in [6, 6.07) is 53.1. The molecule has 5 N–H and O–H groups in total. The van der Waals surface area contributed by atoms with Gasteiger partial charge in [-0.2, -0.15) is 13.2 Å². The number of pyridine rings is 1. The predicted molar refractivity (Wildman–Crippen MR) is 591 cm³/mol. The van der Waals surface area contributed by atoms with Crippen LogP contribution >= 0.6 is 103 Å². The zero-order valence-electron chi connectivity index (χ0n) is 83.3. The Kier molecular flexibility index (Phi) is 45.9. The molecule has 0 radical (unpaired) electrons. The van der Waals surface area contributed by atoms with Gasteiger partial charge in [0.05, 0.1) is 108 Å². The van der Waals surface area contributed by atoms with Crippen molar-refractivity contribution in [3.63, 3.8) is 0 Å². The van der Waals surface area contributed by atoms with Crippen LogP contribution < -0.4 is 4.74 Å². The highest BCUT2D eigenvalue weighted by molar-refractivity contribution is 7.14. The van der Waals surface area contributed by atoms with Crippen molar-refractivity contribution < 1.29 is 67.4 Å². The van der Waals surface area contributed by atoms with Crippen LogP contribution in [0.4, 0.5) is 13.2 Å². The van der Waals surface area contributed by atoms with Crippen LogP contribution in [0.5, 0.6) is 5.06 Å². The summed E-state index contributed by atoms with van der Waals surface area (Å²) < 4.78 is 55.6. The molecule has 22 nitrogen and oxygen atoms in total. The molecule has 34 heteroatoms. The van der Waals surface area contributed by atoms with Crippen LogP contribution in [0.1, 0.15) is 220 Å². The van der Waals surface area contributed by atoms with Gasteiger partial charge in [-0.1, -0.05) is 222 Å². The fourth-order valence-electron chi connectivity index (χ4n) is 15.9. The summed E-state index contributed by atoms with van der Waals surface area (Å²) in [5, 5.41) is 56.3. The van der Waals surface area contributed by atoms with E-state index in [4.69, 9.17) is 62.7 Å². The van der Waals surface area contributed by atoms with Crippen molar-refractivity contribution in [2.75, 3.05) is 7.11 Å².